The van der Waals surface area contributed by atoms with Crippen LogP contribution in [0.25, 0.3) is 0 Å². The second-order valence-corrected chi connectivity index (χ2v) is 5.69. The molecule has 19 heavy (non-hydrogen) atoms. The van der Waals surface area contributed by atoms with Gasteiger partial charge >= 0.3 is 0 Å². The minimum absolute atomic E-state index is 0.246. The zero-order chi connectivity index (χ0) is 13.8. The summed E-state index contributed by atoms with van der Waals surface area (Å²) in [5, 5.41) is 9.08. The van der Waals surface area contributed by atoms with Gasteiger partial charge in [-0.3, -0.25) is 4.90 Å². The highest BCUT2D eigenvalue weighted by Crippen LogP contribution is 2.28. The summed E-state index contributed by atoms with van der Waals surface area (Å²) >= 11 is 0. The molecule has 3 heteroatoms. The van der Waals surface area contributed by atoms with Crippen LogP contribution in [0, 0.1) is 13.8 Å². The number of aryl methyl sites for hydroxylation is 2. The van der Waals surface area contributed by atoms with E-state index in [1.165, 1.54) is 29.7 Å². The Bertz CT molecular complexity index is 399. The third-order valence-electron chi connectivity index (χ3n) is 4.23. The molecule has 0 radical (unpaired) electrons. The number of para-hydroxylation sites is 1. The van der Waals surface area contributed by atoms with E-state index in [2.05, 4.69) is 48.9 Å². The predicted molar refractivity (Wildman–Crippen MR) is 80.9 cm³/mol. The first-order valence-corrected chi connectivity index (χ1v) is 7.25. The van der Waals surface area contributed by atoms with Crippen molar-refractivity contribution in [2.24, 2.45) is 0 Å². The highest BCUT2D eigenvalue weighted by atomic mass is 16.3. The molecule has 1 aliphatic rings. The Morgan fingerprint density at radius 2 is 2.00 bits per heavy atom. The van der Waals surface area contributed by atoms with Gasteiger partial charge in [0.05, 0.1) is 6.61 Å². The fourth-order valence-corrected chi connectivity index (χ4v) is 3.16. The first-order valence-electron chi connectivity index (χ1n) is 7.25. The third kappa shape index (κ3) is 3.28. The van der Waals surface area contributed by atoms with Gasteiger partial charge in [-0.15, -0.1) is 0 Å². The molecule has 1 unspecified atom stereocenters. The summed E-state index contributed by atoms with van der Waals surface area (Å²) in [6.45, 7) is 7.63. The van der Waals surface area contributed by atoms with Gasteiger partial charge in [-0.1, -0.05) is 18.2 Å². The summed E-state index contributed by atoms with van der Waals surface area (Å²) in [6, 6.07) is 7.08. The zero-order valence-corrected chi connectivity index (χ0v) is 12.4. The molecule has 0 spiro atoms. The van der Waals surface area contributed by atoms with Crippen LogP contribution in [-0.4, -0.2) is 49.3 Å². The van der Waals surface area contributed by atoms with E-state index in [1.54, 1.807) is 0 Å². The maximum atomic E-state index is 9.08. The van der Waals surface area contributed by atoms with Gasteiger partial charge in [0.25, 0.3) is 0 Å². The molecule has 3 nitrogen and oxygen atoms in total. The number of anilines is 1. The van der Waals surface area contributed by atoms with E-state index >= 15 is 0 Å². The molecule has 1 fully saturated rings. The predicted octanol–water partition coefficient (Wildman–Crippen LogP) is 2.20. The van der Waals surface area contributed by atoms with Gasteiger partial charge in [-0.25, -0.2) is 0 Å². The molecule has 0 saturated carbocycles. The molecule has 0 bridgehead atoms. The van der Waals surface area contributed by atoms with Gasteiger partial charge in [0.1, 0.15) is 0 Å². The van der Waals surface area contributed by atoms with Gasteiger partial charge in [0.15, 0.2) is 0 Å². The SMILES string of the molecule is Cc1cccc(C)c1N1CCCC(N(C)CCO)C1. The average molecular weight is 262 g/mol. The Hall–Kier alpha value is -1.06. The maximum Gasteiger partial charge on any atom is 0.0558 e. The standard InChI is InChI=1S/C16H26N2O/c1-13-6-4-7-14(2)16(13)18-9-5-8-15(12-18)17(3)10-11-19/h4,6-7,15,19H,5,8-12H2,1-3H3. The second-order valence-electron chi connectivity index (χ2n) is 5.69. The first-order chi connectivity index (χ1) is 9.13. The zero-order valence-electron chi connectivity index (χ0n) is 12.4. The van der Waals surface area contributed by atoms with Crippen LogP contribution in [-0.2, 0) is 0 Å². The smallest absolute Gasteiger partial charge is 0.0558 e. The second kappa shape index (κ2) is 6.40. The molecular formula is C16H26N2O. The molecule has 1 aliphatic heterocycles. The Kier molecular flexibility index (Phi) is 4.83. The number of piperidine rings is 1. The Balaban J connectivity index is 2.13. The lowest BCUT2D eigenvalue weighted by atomic mass is 10.0. The molecule has 1 atom stereocenters. The molecule has 0 aromatic heterocycles. The highest BCUT2D eigenvalue weighted by Gasteiger charge is 2.24. The van der Waals surface area contributed by atoms with Crippen molar-refractivity contribution in [1.82, 2.24) is 4.90 Å². The van der Waals surface area contributed by atoms with Gasteiger partial charge in [-0.05, 0) is 44.9 Å². The van der Waals surface area contributed by atoms with E-state index in [0.717, 1.165) is 19.6 Å². The Labute approximate surface area is 116 Å². The lowest BCUT2D eigenvalue weighted by molar-refractivity contribution is 0.166. The van der Waals surface area contributed by atoms with Crippen molar-refractivity contribution >= 4 is 5.69 Å². The molecule has 0 amide bonds. The van der Waals surface area contributed by atoms with Crippen LogP contribution in [0.15, 0.2) is 18.2 Å². The minimum Gasteiger partial charge on any atom is -0.395 e. The van der Waals surface area contributed by atoms with Crippen LogP contribution in [0.3, 0.4) is 0 Å². The minimum atomic E-state index is 0.246. The van der Waals surface area contributed by atoms with Crippen LogP contribution < -0.4 is 4.90 Å². The van der Waals surface area contributed by atoms with Gasteiger partial charge < -0.3 is 10.0 Å². The largest absolute Gasteiger partial charge is 0.395 e. The van der Waals surface area contributed by atoms with Crippen LogP contribution in [0.2, 0.25) is 0 Å². The Morgan fingerprint density at radius 3 is 2.63 bits per heavy atom. The average Bonchev–Trinajstić information content (AvgIpc) is 2.39. The topological polar surface area (TPSA) is 26.7 Å². The first kappa shape index (κ1) is 14.4. The van der Waals surface area contributed by atoms with Gasteiger partial charge in [-0.2, -0.15) is 0 Å². The summed E-state index contributed by atoms with van der Waals surface area (Å²) in [7, 11) is 2.12. The van der Waals surface area contributed by atoms with Crippen LogP contribution in [0.5, 0.6) is 0 Å². The molecule has 0 aliphatic carbocycles. The summed E-state index contributed by atoms with van der Waals surface area (Å²) in [5.74, 6) is 0. The molecule has 106 valence electrons. The van der Waals surface area contributed by atoms with Crippen LogP contribution in [0.1, 0.15) is 24.0 Å². The van der Waals surface area contributed by atoms with Crippen molar-refractivity contribution in [1.29, 1.82) is 0 Å². The van der Waals surface area contributed by atoms with E-state index in [0.29, 0.717) is 6.04 Å². The quantitative estimate of drug-likeness (QED) is 0.901. The number of nitrogens with zero attached hydrogens (tertiary/aromatic N) is 2. The normalized spacial score (nSPS) is 20.1. The lowest BCUT2D eigenvalue weighted by Crippen LogP contribution is -2.47. The summed E-state index contributed by atoms with van der Waals surface area (Å²) < 4.78 is 0. The molecule has 2 rings (SSSR count). The summed E-state index contributed by atoms with van der Waals surface area (Å²) in [6.07, 6.45) is 2.46. The summed E-state index contributed by atoms with van der Waals surface area (Å²) in [5.41, 5.74) is 4.14. The summed E-state index contributed by atoms with van der Waals surface area (Å²) in [4.78, 5) is 4.81. The number of aliphatic hydroxyl groups is 1. The fourth-order valence-electron chi connectivity index (χ4n) is 3.16. The van der Waals surface area contributed by atoms with E-state index < -0.39 is 0 Å². The molecule has 1 aromatic rings. The van der Waals surface area contributed by atoms with Crippen molar-refractivity contribution in [3.8, 4) is 0 Å². The number of hydrogen-bond acceptors (Lipinski definition) is 3. The monoisotopic (exact) mass is 262 g/mol. The van der Waals surface area contributed by atoms with Gasteiger partial charge in [0, 0.05) is 31.4 Å². The number of benzene rings is 1. The number of aliphatic hydroxyl groups excluding tert-OH is 1. The van der Waals surface area contributed by atoms with Crippen molar-refractivity contribution in [3.63, 3.8) is 0 Å². The fraction of sp³-hybridized carbons (Fsp3) is 0.625. The molecule has 1 N–H and O–H groups in total. The lowest BCUT2D eigenvalue weighted by Gasteiger charge is -2.40. The van der Waals surface area contributed by atoms with Crippen molar-refractivity contribution in [2.75, 3.05) is 38.2 Å². The highest BCUT2D eigenvalue weighted by molar-refractivity contribution is 5.59. The van der Waals surface area contributed by atoms with Crippen LogP contribution >= 0.6 is 0 Å². The van der Waals surface area contributed by atoms with E-state index in [-0.39, 0.29) is 6.61 Å². The maximum absolute atomic E-state index is 9.08. The molecule has 1 saturated heterocycles. The Morgan fingerprint density at radius 1 is 1.32 bits per heavy atom. The third-order valence-corrected chi connectivity index (χ3v) is 4.23. The van der Waals surface area contributed by atoms with E-state index in [9.17, 15) is 0 Å². The molecular weight excluding hydrogens is 236 g/mol. The van der Waals surface area contributed by atoms with E-state index in [4.69, 9.17) is 5.11 Å². The van der Waals surface area contributed by atoms with Crippen molar-refractivity contribution in [3.05, 3.63) is 29.3 Å². The molecule has 1 aromatic carbocycles. The number of likely N-dealkylation sites (N-methyl/N-ethyl adjacent to an activating group) is 1. The number of hydrogen-bond donors (Lipinski definition) is 1. The number of rotatable bonds is 4. The van der Waals surface area contributed by atoms with E-state index in [1.807, 2.05) is 0 Å². The van der Waals surface area contributed by atoms with Crippen molar-refractivity contribution in [2.45, 2.75) is 32.7 Å². The van der Waals surface area contributed by atoms with Crippen LogP contribution in [0.4, 0.5) is 5.69 Å². The molecule has 1 heterocycles. The van der Waals surface area contributed by atoms with Gasteiger partial charge in [0.2, 0.25) is 0 Å². The van der Waals surface area contributed by atoms with Crippen molar-refractivity contribution < 1.29 is 5.11 Å².